The van der Waals surface area contributed by atoms with E-state index in [0.717, 1.165) is 12.8 Å². The molecule has 0 heterocycles. The summed E-state index contributed by atoms with van der Waals surface area (Å²) in [5.74, 6) is -1.25. The van der Waals surface area contributed by atoms with Crippen molar-refractivity contribution in [1.82, 2.24) is 0 Å². The van der Waals surface area contributed by atoms with Crippen LogP contribution in [-0.4, -0.2) is 26.0 Å². The summed E-state index contributed by atoms with van der Waals surface area (Å²) in [4.78, 5) is 0. The Hall–Kier alpha value is -0.300. The Bertz CT molecular complexity index is 277. The minimum Gasteiger partial charge on any atom is -0.362 e. The summed E-state index contributed by atoms with van der Waals surface area (Å²) in [6, 6.07) is 0. The van der Waals surface area contributed by atoms with Crippen LogP contribution in [0.4, 0.5) is 13.2 Å². The van der Waals surface area contributed by atoms with E-state index < -0.39 is 21.3 Å². The van der Waals surface area contributed by atoms with Crippen LogP contribution in [0.2, 0.25) is 0 Å². The first kappa shape index (κ1) is 11.8. The second-order valence-electron chi connectivity index (χ2n) is 3.25. The van der Waals surface area contributed by atoms with Gasteiger partial charge in [-0.3, -0.25) is 0 Å². The number of halogens is 3. The molecule has 3 nitrogen and oxygen atoms in total. The molecule has 14 heavy (non-hydrogen) atoms. The molecule has 0 aromatic heterocycles. The maximum absolute atomic E-state index is 11.8. The Morgan fingerprint density at radius 3 is 2.14 bits per heavy atom. The topological polar surface area (TPSA) is 43.4 Å². The van der Waals surface area contributed by atoms with Gasteiger partial charge in [-0.1, -0.05) is 12.8 Å². The van der Waals surface area contributed by atoms with Gasteiger partial charge in [-0.15, -0.1) is 0 Å². The number of hydrogen-bond donors (Lipinski definition) is 0. The van der Waals surface area contributed by atoms with Crippen molar-refractivity contribution >= 4 is 9.84 Å². The Morgan fingerprint density at radius 2 is 1.71 bits per heavy atom. The molecule has 0 amide bonds. The van der Waals surface area contributed by atoms with Gasteiger partial charge in [0.1, 0.15) is 0 Å². The molecule has 0 aromatic rings. The Kier molecular flexibility index (Phi) is 3.41. The highest BCUT2D eigenvalue weighted by atomic mass is 32.2. The van der Waals surface area contributed by atoms with Crippen molar-refractivity contribution in [3.05, 3.63) is 0 Å². The van der Waals surface area contributed by atoms with Gasteiger partial charge < -0.3 is 4.74 Å². The van der Waals surface area contributed by atoms with Crippen molar-refractivity contribution in [3.63, 3.8) is 0 Å². The third-order valence-corrected chi connectivity index (χ3v) is 3.27. The zero-order valence-corrected chi connectivity index (χ0v) is 8.20. The minimum atomic E-state index is -5.20. The SMILES string of the molecule is O=S(=O)(COC1CCCC1)C(F)(F)F. The van der Waals surface area contributed by atoms with Gasteiger partial charge in [-0.2, -0.15) is 13.2 Å². The van der Waals surface area contributed by atoms with Gasteiger partial charge in [-0.05, 0) is 12.8 Å². The van der Waals surface area contributed by atoms with Crippen LogP contribution in [0.15, 0.2) is 0 Å². The highest BCUT2D eigenvalue weighted by molar-refractivity contribution is 7.92. The zero-order valence-electron chi connectivity index (χ0n) is 7.38. The van der Waals surface area contributed by atoms with Crippen molar-refractivity contribution in [2.24, 2.45) is 0 Å². The van der Waals surface area contributed by atoms with E-state index in [-0.39, 0.29) is 6.10 Å². The highest BCUT2D eigenvalue weighted by Gasteiger charge is 2.46. The molecule has 0 spiro atoms. The summed E-state index contributed by atoms with van der Waals surface area (Å²) in [5.41, 5.74) is -5.20. The fraction of sp³-hybridized carbons (Fsp3) is 1.00. The van der Waals surface area contributed by atoms with Gasteiger partial charge in [0.05, 0.1) is 6.10 Å². The summed E-state index contributed by atoms with van der Waals surface area (Å²) >= 11 is 0. The molecule has 0 saturated heterocycles. The Balaban J connectivity index is 2.44. The fourth-order valence-electron chi connectivity index (χ4n) is 1.31. The summed E-state index contributed by atoms with van der Waals surface area (Å²) < 4.78 is 61.3. The average molecular weight is 232 g/mol. The van der Waals surface area contributed by atoms with E-state index in [1.807, 2.05) is 0 Å². The molecule has 1 saturated carbocycles. The Morgan fingerprint density at radius 1 is 1.21 bits per heavy atom. The van der Waals surface area contributed by atoms with Crippen molar-refractivity contribution < 1.29 is 26.3 Å². The van der Waals surface area contributed by atoms with Gasteiger partial charge in [0, 0.05) is 0 Å². The normalized spacial score (nSPS) is 20.2. The van der Waals surface area contributed by atoms with E-state index in [0.29, 0.717) is 12.8 Å². The van der Waals surface area contributed by atoms with Crippen LogP contribution in [0.1, 0.15) is 25.7 Å². The van der Waals surface area contributed by atoms with E-state index in [1.54, 1.807) is 0 Å². The van der Waals surface area contributed by atoms with Crippen LogP contribution in [0, 0.1) is 0 Å². The number of hydrogen-bond acceptors (Lipinski definition) is 3. The van der Waals surface area contributed by atoms with Gasteiger partial charge in [0.15, 0.2) is 5.94 Å². The number of rotatable bonds is 3. The van der Waals surface area contributed by atoms with Crippen LogP contribution in [0.5, 0.6) is 0 Å². The first-order valence-electron chi connectivity index (χ1n) is 4.23. The highest BCUT2D eigenvalue weighted by Crippen LogP contribution is 2.26. The smallest absolute Gasteiger partial charge is 0.362 e. The Labute approximate surface area is 80.2 Å². The molecule has 1 aliphatic carbocycles. The van der Waals surface area contributed by atoms with Crippen LogP contribution in [-0.2, 0) is 14.6 Å². The molecule has 0 aliphatic heterocycles. The van der Waals surface area contributed by atoms with E-state index in [4.69, 9.17) is 0 Å². The quantitative estimate of drug-likeness (QED) is 0.745. The molecule has 0 radical (unpaired) electrons. The van der Waals surface area contributed by atoms with E-state index >= 15 is 0 Å². The first-order chi connectivity index (χ1) is 6.33. The second kappa shape index (κ2) is 4.06. The summed E-state index contributed by atoms with van der Waals surface area (Å²) in [7, 11) is -5.11. The van der Waals surface area contributed by atoms with Crippen LogP contribution in [0.3, 0.4) is 0 Å². The zero-order chi connectivity index (χ0) is 10.8. The maximum Gasteiger partial charge on any atom is 0.499 e. The van der Waals surface area contributed by atoms with Crippen molar-refractivity contribution in [2.45, 2.75) is 37.3 Å². The molecular formula is C7H11F3O3S. The molecule has 0 atom stereocenters. The van der Waals surface area contributed by atoms with Crippen molar-refractivity contribution in [3.8, 4) is 0 Å². The van der Waals surface area contributed by atoms with Crippen molar-refractivity contribution in [2.75, 3.05) is 5.94 Å². The van der Waals surface area contributed by atoms with Crippen molar-refractivity contribution in [1.29, 1.82) is 0 Å². The van der Waals surface area contributed by atoms with Crippen LogP contribution < -0.4 is 0 Å². The molecule has 1 aliphatic rings. The van der Waals surface area contributed by atoms with E-state index in [1.165, 1.54) is 0 Å². The maximum atomic E-state index is 11.8. The number of sulfone groups is 1. The first-order valence-corrected chi connectivity index (χ1v) is 5.89. The average Bonchev–Trinajstić information content (AvgIpc) is 2.50. The lowest BCUT2D eigenvalue weighted by molar-refractivity contribution is -0.0477. The molecule has 84 valence electrons. The summed E-state index contributed by atoms with van der Waals surface area (Å²) in [6.07, 6.45) is 2.74. The largest absolute Gasteiger partial charge is 0.499 e. The molecule has 7 heteroatoms. The third kappa shape index (κ3) is 2.84. The number of alkyl halides is 3. The lowest BCUT2D eigenvalue weighted by atomic mass is 10.3. The summed E-state index contributed by atoms with van der Waals surface area (Å²) in [6.45, 7) is 0. The third-order valence-electron chi connectivity index (χ3n) is 2.11. The second-order valence-corrected chi connectivity index (χ2v) is 5.18. The van der Waals surface area contributed by atoms with Gasteiger partial charge >= 0.3 is 5.51 Å². The minimum absolute atomic E-state index is 0.327. The van der Waals surface area contributed by atoms with E-state index in [2.05, 4.69) is 4.74 Å². The predicted molar refractivity (Wildman–Crippen MR) is 43.2 cm³/mol. The lowest BCUT2D eigenvalue weighted by Gasteiger charge is -2.12. The standard InChI is InChI=1S/C7H11F3O3S/c8-7(9,10)14(11,12)5-13-6-3-1-2-4-6/h6H,1-5H2. The molecule has 0 unspecified atom stereocenters. The lowest BCUT2D eigenvalue weighted by Crippen LogP contribution is -2.29. The number of ether oxygens (including phenoxy) is 1. The molecule has 1 fully saturated rings. The van der Waals surface area contributed by atoms with E-state index in [9.17, 15) is 21.6 Å². The molecular weight excluding hydrogens is 221 g/mol. The predicted octanol–water partition coefficient (Wildman–Crippen LogP) is 1.84. The van der Waals surface area contributed by atoms with Gasteiger partial charge in [0.25, 0.3) is 9.84 Å². The van der Waals surface area contributed by atoms with Gasteiger partial charge in [0.2, 0.25) is 0 Å². The monoisotopic (exact) mass is 232 g/mol. The molecule has 1 rings (SSSR count). The van der Waals surface area contributed by atoms with Gasteiger partial charge in [-0.25, -0.2) is 8.42 Å². The van der Waals surface area contributed by atoms with Crippen LogP contribution in [0.25, 0.3) is 0 Å². The summed E-state index contributed by atoms with van der Waals surface area (Å²) in [5, 5.41) is 0. The molecule has 0 aromatic carbocycles. The molecule has 0 bridgehead atoms. The molecule has 0 N–H and O–H groups in total. The fourth-order valence-corrected chi connectivity index (χ4v) is 1.81. The van der Waals surface area contributed by atoms with Crippen LogP contribution >= 0.6 is 0 Å².